The standard InChI is InChI=1S/C20H24F4N2O3S/c1-11(27)16-14(9-7-13-8-10-15(21)30-13)18(28)26(16)19(29)25-17(20(22,23)24)12-5-3-2-4-6-12/h8,10,12,14,17,27H,2-7,9H2,1H3,(H,25,29)/b16-11-/t14-,17+/m1/s1. The van der Waals surface area contributed by atoms with Gasteiger partial charge in [-0.05, 0) is 50.7 Å². The van der Waals surface area contributed by atoms with E-state index < -0.39 is 36.0 Å². The molecule has 1 aromatic heterocycles. The Labute approximate surface area is 175 Å². The van der Waals surface area contributed by atoms with Crippen molar-refractivity contribution in [1.82, 2.24) is 10.2 Å². The highest BCUT2D eigenvalue weighted by Gasteiger charge is 2.51. The van der Waals surface area contributed by atoms with Crippen LogP contribution in [0.1, 0.15) is 50.3 Å². The molecule has 3 rings (SSSR count). The van der Waals surface area contributed by atoms with E-state index in [9.17, 15) is 32.3 Å². The molecule has 2 atom stereocenters. The van der Waals surface area contributed by atoms with Crippen LogP contribution in [0.15, 0.2) is 23.6 Å². The summed E-state index contributed by atoms with van der Waals surface area (Å²) in [4.78, 5) is 26.4. The van der Waals surface area contributed by atoms with Crippen LogP contribution in [-0.4, -0.2) is 34.2 Å². The molecule has 1 aliphatic heterocycles. The lowest BCUT2D eigenvalue weighted by Gasteiger charge is -2.41. The van der Waals surface area contributed by atoms with E-state index in [0.717, 1.165) is 17.8 Å². The Morgan fingerprint density at radius 1 is 1.30 bits per heavy atom. The predicted molar refractivity (Wildman–Crippen MR) is 103 cm³/mol. The normalized spacial score (nSPS) is 23.2. The van der Waals surface area contributed by atoms with Crippen LogP contribution in [0.25, 0.3) is 0 Å². The molecule has 1 aromatic rings. The topological polar surface area (TPSA) is 69.6 Å². The van der Waals surface area contributed by atoms with Crippen molar-refractivity contribution in [2.75, 3.05) is 0 Å². The molecule has 166 valence electrons. The van der Waals surface area contributed by atoms with Gasteiger partial charge in [-0.1, -0.05) is 19.3 Å². The highest BCUT2D eigenvalue weighted by molar-refractivity contribution is 7.10. The van der Waals surface area contributed by atoms with Crippen molar-refractivity contribution in [3.63, 3.8) is 0 Å². The van der Waals surface area contributed by atoms with Crippen LogP contribution in [0.4, 0.5) is 22.4 Å². The number of β-lactam (4-membered cyclic amide) rings is 1. The van der Waals surface area contributed by atoms with Crippen molar-refractivity contribution >= 4 is 23.3 Å². The summed E-state index contributed by atoms with van der Waals surface area (Å²) >= 11 is 0.935. The third-order valence-electron chi connectivity index (χ3n) is 5.72. The highest BCUT2D eigenvalue weighted by atomic mass is 32.1. The zero-order valence-corrected chi connectivity index (χ0v) is 17.3. The number of amides is 3. The van der Waals surface area contributed by atoms with Gasteiger partial charge in [-0.2, -0.15) is 17.6 Å². The Morgan fingerprint density at radius 3 is 2.50 bits per heavy atom. The molecular formula is C20H24F4N2O3S. The van der Waals surface area contributed by atoms with Crippen LogP contribution in [-0.2, 0) is 11.2 Å². The van der Waals surface area contributed by atoms with Gasteiger partial charge in [0.05, 0.1) is 11.6 Å². The molecule has 0 spiro atoms. The van der Waals surface area contributed by atoms with E-state index >= 15 is 0 Å². The molecule has 0 radical (unpaired) electrons. The molecule has 2 N–H and O–H groups in total. The Morgan fingerprint density at radius 2 is 1.97 bits per heavy atom. The lowest BCUT2D eigenvalue weighted by atomic mass is 9.83. The third kappa shape index (κ3) is 4.79. The van der Waals surface area contributed by atoms with Gasteiger partial charge < -0.3 is 10.4 Å². The molecule has 0 bridgehead atoms. The molecule has 30 heavy (non-hydrogen) atoms. The first kappa shape index (κ1) is 22.6. The SMILES string of the molecule is C/C(O)=C1\[C@@H](CCc2ccc(F)s2)C(=O)N1C(=O)N[C@@H](C1CCCCC1)C(F)(F)F. The highest BCUT2D eigenvalue weighted by Crippen LogP contribution is 2.38. The molecule has 5 nitrogen and oxygen atoms in total. The summed E-state index contributed by atoms with van der Waals surface area (Å²) in [6.07, 6.45) is -1.13. The maximum absolute atomic E-state index is 13.6. The van der Waals surface area contributed by atoms with Crippen molar-refractivity contribution in [2.24, 2.45) is 11.8 Å². The van der Waals surface area contributed by atoms with Crippen molar-refractivity contribution in [2.45, 2.75) is 64.1 Å². The zero-order chi connectivity index (χ0) is 22.1. The molecule has 3 amide bonds. The second kappa shape index (κ2) is 8.95. The van der Waals surface area contributed by atoms with Crippen LogP contribution in [0.3, 0.4) is 0 Å². The average Bonchev–Trinajstić information content (AvgIpc) is 3.08. The number of hydrogen-bond donors (Lipinski definition) is 2. The second-order valence-corrected chi connectivity index (χ2v) is 8.93. The van der Waals surface area contributed by atoms with E-state index in [0.29, 0.717) is 41.9 Å². The fraction of sp³-hybridized carbons (Fsp3) is 0.600. The quantitative estimate of drug-likeness (QED) is 0.365. The van der Waals surface area contributed by atoms with Gasteiger partial charge in [0.15, 0.2) is 5.13 Å². The van der Waals surface area contributed by atoms with Crippen LogP contribution >= 0.6 is 11.3 Å². The van der Waals surface area contributed by atoms with Gasteiger partial charge in [0, 0.05) is 4.88 Å². The maximum Gasteiger partial charge on any atom is 0.408 e. The largest absolute Gasteiger partial charge is 0.511 e. The number of hydrogen-bond acceptors (Lipinski definition) is 4. The number of thiophene rings is 1. The van der Waals surface area contributed by atoms with E-state index in [2.05, 4.69) is 0 Å². The van der Waals surface area contributed by atoms with Gasteiger partial charge in [-0.15, -0.1) is 11.3 Å². The lowest BCUT2D eigenvalue weighted by molar-refractivity contribution is -0.168. The number of aliphatic hydroxyl groups excluding tert-OH is 1. The number of imide groups is 1. The minimum Gasteiger partial charge on any atom is -0.511 e. The first-order valence-electron chi connectivity index (χ1n) is 9.94. The van der Waals surface area contributed by atoms with E-state index in [1.54, 1.807) is 6.07 Å². The molecule has 0 aromatic carbocycles. The molecule has 2 fully saturated rings. The summed E-state index contributed by atoms with van der Waals surface area (Å²) in [5.41, 5.74) is -0.000836. The number of aryl methyl sites for hydroxylation is 1. The molecule has 1 saturated heterocycles. The Balaban J connectivity index is 1.69. The van der Waals surface area contributed by atoms with Crippen LogP contribution < -0.4 is 5.32 Å². The van der Waals surface area contributed by atoms with Gasteiger partial charge in [-0.25, -0.2) is 9.69 Å². The number of urea groups is 1. The number of allylic oxidation sites excluding steroid dienone is 1. The number of alkyl halides is 3. The number of likely N-dealkylation sites (tertiary alicyclic amines) is 1. The minimum absolute atomic E-state index is 0.000836. The van der Waals surface area contributed by atoms with E-state index in [1.807, 2.05) is 5.32 Å². The number of nitrogens with one attached hydrogen (secondary N) is 1. The molecular weight excluding hydrogens is 424 g/mol. The number of halogens is 4. The fourth-order valence-corrected chi connectivity index (χ4v) is 5.01. The molecule has 2 heterocycles. The minimum atomic E-state index is -4.63. The smallest absolute Gasteiger partial charge is 0.408 e. The number of aliphatic hydroxyl groups is 1. The van der Waals surface area contributed by atoms with Crippen LogP contribution in [0.2, 0.25) is 0 Å². The van der Waals surface area contributed by atoms with Crippen molar-refractivity contribution in [3.05, 3.63) is 33.6 Å². The third-order valence-corrected chi connectivity index (χ3v) is 6.66. The number of carbonyl (C=O) groups is 2. The Bertz CT molecular complexity index is 826. The number of carbonyl (C=O) groups excluding carboxylic acids is 2. The van der Waals surface area contributed by atoms with Gasteiger partial charge in [0.2, 0.25) is 5.91 Å². The van der Waals surface area contributed by atoms with Crippen LogP contribution in [0, 0.1) is 17.0 Å². The monoisotopic (exact) mass is 448 g/mol. The summed E-state index contributed by atoms with van der Waals surface area (Å²) in [6, 6.07) is -0.318. The lowest BCUT2D eigenvalue weighted by Crippen LogP contribution is -2.61. The van der Waals surface area contributed by atoms with E-state index in [4.69, 9.17) is 0 Å². The fourth-order valence-electron chi connectivity index (χ4n) is 4.27. The van der Waals surface area contributed by atoms with Gasteiger partial charge in [0.25, 0.3) is 0 Å². The molecule has 1 saturated carbocycles. The average molecular weight is 448 g/mol. The van der Waals surface area contributed by atoms with Crippen molar-refractivity contribution < 1.29 is 32.3 Å². The van der Waals surface area contributed by atoms with Crippen molar-refractivity contribution in [3.8, 4) is 0 Å². The van der Waals surface area contributed by atoms with E-state index in [1.165, 1.54) is 13.0 Å². The van der Waals surface area contributed by atoms with Gasteiger partial charge >= 0.3 is 12.2 Å². The van der Waals surface area contributed by atoms with Crippen molar-refractivity contribution in [1.29, 1.82) is 0 Å². The van der Waals surface area contributed by atoms with E-state index in [-0.39, 0.29) is 23.0 Å². The summed E-state index contributed by atoms with van der Waals surface area (Å²) in [6.45, 7) is 1.28. The molecule has 10 heteroatoms. The first-order chi connectivity index (χ1) is 14.1. The zero-order valence-electron chi connectivity index (χ0n) is 16.5. The first-order valence-corrected chi connectivity index (χ1v) is 10.8. The predicted octanol–water partition coefficient (Wildman–Crippen LogP) is 5.29. The second-order valence-electron chi connectivity index (χ2n) is 7.81. The van der Waals surface area contributed by atoms with Gasteiger partial charge in [-0.3, -0.25) is 4.79 Å². The maximum atomic E-state index is 13.6. The Kier molecular flexibility index (Phi) is 6.74. The Hall–Kier alpha value is -2.10. The summed E-state index contributed by atoms with van der Waals surface area (Å²) in [5.74, 6) is -2.51. The molecule has 0 unspecified atom stereocenters. The summed E-state index contributed by atoms with van der Waals surface area (Å²) in [5, 5.41) is 11.6. The van der Waals surface area contributed by atoms with Gasteiger partial charge in [0.1, 0.15) is 11.8 Å². The molecule has 2 aliphatic rings. The molecule has 1 aliphatic carbocycles. The van der Waals surface area contributed by atoms with Crippen LogP contribution in [0.5, 0.6) is 0 Å². The summed E-state index contributed by atoms with van der Waals surface area (Å²) in [7, 11) is 0. The summed E-state index contributed by atoms with van der Waals surface area (Å²) < 4.78 is 53.9. The number of nitrogens with zero attached hydrogens (tertiary/aromatic N) is 1. The number of rotatable bonds is 5.